The Morgan fingerprint density at radius 2 is 2.12 bits per heavy atom. The lowest BCUT2D eigenvalue weighted by Gasteiger charge is -2.29. The molecule has 1 unspecified atom stereocenters. The SMILES string of the molecule is CCCOc1c(Cl)cc(C(=O)NC(C)(CN)C2CC2)cc1OC.Cl. The smallest absolute Gasteiger partial charge is 0.251 e. The lowest BCUT2D eigenvalue weighted by molar-refractivity contribution is 0.0897. The first-order chi connectivity index (χ1) is 10.9. The van der Waals surface area contributed by atoms with Gasteiger partial charge in [0.05, 0.1) is 24.3 Å². The molecule has 0 saturated heterocycles. The largest absolute Gasteiger partial charge is 0.493 e. The van der Waals surface area contributed by atoms with Crippen LogP contribution in [-0.4, -0.2) is 31.7 Å². The van der Waals surface area contributed by atoms with Crippen molar-refractivity contribution in [3.63, 3.8) is 0 Å². The molecule has 3 N–H and O–H groups in total. The van der Waals surface area contributed by atoms with Crippen LogP contribution in [0.5, 0.6) is 11.5 Å². The lowest BCUT2D eigenvalue weighted by Crippen LogP contribution is -2.53. The molecule has 1 aromatic carbocycles. The summed E-state index contributed by atoms with van der Waals surface area (Å²) in [4.78, 5) is 12.6. The predicted molar refractivity (Wildman–Crippen MR) is 98.7 cm³/mol. The van der Waals surface area contributed by atoms with Gasteiger partial charge in [-0.15, -0.1) is 12.4 Å². The van der Waals surface area contributed by atoms with E-state index in [2.05, 4.69) is 5.32 Å². The molecule has 0 radical (unpaired) electrons. The molecular formula is C17H26Cl2N2O3. The second-order valence-corrected chi connectivity index (χ2v) is 6.60. The summed E-state index contributed by atoms with van der Waals surface area (Å²) in [7, 11) is 1.53. The summed E-state index contributed by atoms with van der Waals surface area (Å²) in [6.07, 6.45) is 3.06. The quantitative estimate of drug-likeness (QED) is 0.728. The van der Waals surface area contributed by atoms with E-state index >= 15 is 0 Å². The van der Waals surface area contributed by atoms with Crippen molar-refractivity contribution in [1.82, 2.24) is 5.32 Å². The summed E-state index contributed by atoms with van der Waals surface area (Å²) in [5.74, 6) is 1.17. The fourth-order valence-electron chi connectivity index (χ4n) is 2.57. The maximum absolute atomic E-state index is 12.6. The van der Waals surface area contributed by atoms with Crippen molar-refractivity contribution >= 4 is 29.9 Å². The lowest BCUT2D eigenvalue weighted by atomic mass is 9.95. The van der Waals surface area contributed by atoms with Crippen molar-refractivity contribution in [2.75, 3.05) is 20.3 Å². The number of carbonyl (C=O) groups is 1. The van der Waals surface area contributed by atoms with Gasteiger partial charge in [-0.1, -0.05) is 18.5 Å². The minimum Gasteiger partial charge on any atom is -0.493 e. The molecule has 24 heavy (non-hydrogen) atoms. The number of rotatable bonds is 8. The van der Waals surface area contributed by atoms with Gasteiger partial charge in [-0.25, -0.2) is 0 Å². The van der Waals surface area contributed by atoms with Gasteiger partial charge in [-0.3, -0.25) is 4.79 Å². The van der Waals surface area contributed by atoms with Gasteiger partial charge in [0.25, 0.3) is 5.91 Å². The van der Waals surface area contributed by atoms with Gasteiger partial charge < -0.3 is 20.5 Å². The second-order valence-electron chi connectivity index (χ2n) is 6.19. The van der Waals surface area contributed by atoms with Gasteiger partial charge in [0.1, 0.15) is 0 Å². The van der Waals surface area contributed by atoms with Gasteiger partial charge in [-0.2, -0.15) is 0 Å². The highest BCUT2D eigenvalue weighted by molar-refractivity contribution is 6.32. The molecule has 1 amide bonds. The van der Waals surface area contributed by atoms with E-state index in [1.165, 1.54) is 7.11 Å². The van der Waals surface area contributed by atoms with Crippen LogP contribution in [0.4, 0.5) is 0 Å². The number of hydrogen-bond donors (Lipinski definition) is 2. The van der Waals surface area contributed by atoms with E-state index in [0.29, 0.717) is 41.2 Å². The fourth-order valence-corrected chi connectivity index (χ4v) is 2.83. The zero-order chi connectivity index (χ0) is 17.0. The maximum Gasteiger partial charge on any atom is 0.251 e. The molecule has 7 heteroatoms. The number of nitrogens with one attached hydrogen (secondary N) is 1. The molecule has 1 fully saturated rings. The number of benzene rings is 1. The highest BCUT2D eigenvalue weighted by Gasteiger charge is 2.41. The van der Waals surface area contributed by atoms with Gasteiger partial charge in [0.15, 0.2) is 11.5 Å². The standard InChI is InChI=1S/C17H25ClN2O3.ClH/c1-4-7-23-15-13(18)8-11(9-14(15)22-3)16(21)20-17(2,10-19)12-5-6-12;/h8-9,12H,4-7,10,19H2,1-3H3,(H,20,21);1H. The van der Waals surface area contributed by atoms with Crippen LogP contribution in [0.3, 0.4) is 0 Å². The Labute approximate surface area is 154 Å². The number of hydrogen-bond acceptors (Lipinski definition) is 4. The summed E-state index contributed by atoms with van der Waals surface area (Å²) in [6, 6.07) is 3.25. The number of nitrogens with two attached hydrogens (primary N) is 1. The first-order valence-corrected chi connectivity index (χ1v) is 8.36. The summed E-state index contributed by atoms with van der Waals surface area (Å²) in [5, 5.41) is 3.41. The van der Waals surface area contributed by atoms with E-state index in [-0.39, 0.29) is 23.9 Å². The second kappa shape index (κ2) is 8.79. The molecule has 1 saturated carbocycles. The summed E-state index contributed by atoms with van der Waals surface area (Å²) >= 11 is 6.26. The van der Waals surface area contributed by atoms with Crippen LogP contribution in [-0.2, 0) is 0 Å². The Morgan fingerprint density at radius 1 is 1.46 bits per heavy atom. The molecule has 2 rings (SSSR count). The average Bonchev–Trinajstić information content (AvgIpc) is 3.38. The van der Waals surface area contributed by atoms with E-state index in [9.17, 15) is 4.79 Å². The van der Waals surface area contributed by atoms with E-state index in [0.717, 1.165) is 19.3 Å². The number of ether oxygens (including phenoxy) is 2. The van der Waals surface area contributed by atoms with Crippen molar-refractivity contribution in [3.8, 4) is 11.5 Å². The Hall–Kier alpha value is -1.17. The summed E-state index contributed by atoms with van der Waals surface area (Å²) < 4.78 is 10.9. The number of methoxy groups -OCH3 is 1. The van der Waals surface area contributed by atoms with Crippen LogP contribution in [0, 0.1) is 5.92 Å². The highest BCUT2D eigenvalue weighted by Crippen LogP contribution is 2.40. The number of halogens is 2. The van der Waals surface area contributed by atoms with Crippen LogP contribution in [0.15, 0.2) is 12.1 Å². The molecule has 1 aliphatic rings. The first-order valence-electron chi connectivity index (χ1n) is 7.98. The maximum atomic E-state index is 12.6. The molecule has 5 nitrogen and oxygen atoms in total. The number of amides is 1. The molecule has 1 aromatic rings. The Morgan fingerprint density at radius 3 is 2.62 bits per heavy atom. The third kappa shape index (κ3) is 4.68. The van der Waals surface area contributed by atoms with Crippen molar-refractivity contribution in [2.24, 2.45) is 11.7 Å². The van der Waals surface area contributed by atoms with E-state index in [4.69, 9.17) is 26.8 Å². The Balaban J connectivity index is 0.00000288. The van der Waals surface area contributed by atoms with Crippen molar-refractivity contribution < 1.29 is 14.3 Å². The third-order valence-electron chi connectivity index (χ3n) is 4.24. The molecule has 0 bridgehead atoms. The molecular weight excluding hydrogens is 351 g/mol. The zero-order valence-electron chi connectivity index (χ0n) is 14.4. The normalized spacial score (nSPS) is 15.9. The van der Waals surface area contributed by atoms with Gasteiger partial charge >= 0.3 is 0 Å². The Kier molecular flexibility index (Phi) is 7.64. The van der Waals surface area contributed by atoms with Crippen molar-refractivity contribution in [1.29, 1.82) is 0 Å². The minimum absolute atomic E-state index is 0. The third-order valence-corrected chi connectivity index (χ3v) is 4.52. The van der Waals surface area contributed by atoms with Crippen LogP contribution >= 0.6 is 24.0 Å². The molecule has 136 valence electrons. The zero-order valence-corrected chi connectivity index (χ0v) is 15.9. The monoisotopic (exact) mass is 376 g/mol. The van der Waals surface area contributed by atoms with Gasteiger partial charge in [0, 0.05) is 12.1 Å². The fraction of sp³-hybridized carbons (Fsp3) is 0.588. The van der Waals surface area contributed by atoms with Crippen molar-refractivity contribution in [3.05, 3.63) is 22.7 Å². The van der Waals surface area contributed by atoms with Gasteiger partial charge in [0.2, 0.25) is 0 Å². The summed E-state index contributed by atoms with van der Waals surface area (Å²) in [6.45, 7) is 4.94. The molecule has 0 aliphatic heterocycles. The minimum atomic E-state index is -0.381. The average molecular weight is 377 g/mol. The molecule has 1 atom stereocenters. The van der Waals surface area contributed by atoms with Crippen LogP contribution in [0.25, 0.3) is 0 Å². The molecule has 0 spiro atoms. The first kappa shape index (κ1) is 20.9. The number of carbonyl (C=O) groups excluding carboxylic acids is 1. The topological polar surface area (TPSA) is 73.6 Å². The molecule has 1 aliphatic carbocycles. The highest BCUT2D eigenvalue weighted by atomic mass is 35.5. The molecule has 0 aromatic heterocycles. The van der Waals surface area contributed by atoms with E-state index in [1.807, 2.05) is 13.8 Å². The van der Waals surface area contributed by atoms with Crippen LogP contribution in [0.1, 0.15) is 43.5 Å². The summed E-state index contributed by atoms with van der Waals surface area (Å²) in [5.41, 5.74) is 5.91. The predicted octanol–water partition coefficient (Wildman–Crippen LogP) is 3.42. The van der Waals surface area contributed by atoms with Crippen LogP contribution in [0.2, 0.25) is 5.02 Å². The van der Waals surface area contributed by atoms with E-state index < -0.39 is 0 Å². The van der Waals surface area contributed by atoms with Crippen molar-refractivity contribution in [2.45, 2.75) is 38.6 Å². The van der Waals surface area contributed by atoms with Gasteiger partial charge in [-0.05, 0) is 44.2 Å². The Bertz CT molecular complexity index is 579. The van der Waals surface area contributed by atoms with Crippen LogP contribution < -0.4 is 20.5 Å². The van der Waals surface area contributed by atoms with E-state index in [1.54, 1.807) is 12.1 Å². The molecule has 0 heterocycles.